The molecule has 2 aliphatic heterocycles. The van der Waals surface area contributed by atoms with Crippen molar-refractivity contribution in [3.63, 3.8) is 0 Å². The lowest BCUT2D eigenvalue weighted by atomic mass is 9.73. The van der Waals surface area contributed by atoms with Crippen molar-refractivity contribution in [2.45, 2.75) is 59.0 Å². The predicted molar refractivity (Wildman–Crippen MR) is 111 cm³/mol. The highest BCUT2D eigenvalue weighted by atomic mass is 32.1. The molecule has 0 atom stereocenters. The van der Waals surface area contributed by atoms with Crippen molar-refractivity contribution in [1.82, 2.24) is 25.0 Å². The number of carbonyl (C=O) groups is 1. The molecular weight excluding hydrogens is 370 g/mol. The van der Waals surface area contributed by atoms with Crippen LogP contribution < -0.4 is 5.32 Å². The summed E-state index contributed by atoms with van der Waals surface area (Å²) < 4.78 is 2.10. The first-order chi connectivity index (χ1) is 13.5. The molecule has 0 aromatic carbocycles. The van der Waals surface area contributed by atoms with Crippen LogP contribution in [-0.2, 0) is 19.5 Å². The Morgan fingerprint density at radius 3 is 2.82 bits per heavy atom. The third-order valence-corrected chi connectivity index (χ3v) is 7.15. The molecule has 0 aliphatic carbocycles. The van der Waals surface area contributed by atoms with E-state index in [0.29, 0.717) is 18.3 Å². The normalized spacial score (nSPS) is 19.1. The quantitative estimate of drug-likeness (QED) is 0.806. The molecule has 2 aliphatic rings. The smallest absolute Gasteiger partial charge is 0.289 e. The second kappa shape index (κ2) is 8.33. The number of thiophene rings is 1. The number of likely N-dealkylation sites (tertiary alicyclic amines) is 1. The van der Waals surface area contributed by atoms with E-state index in [9.17, 15) is 4.79 Å². The van der Waals surface area contributed by atoms with Crippen LogP contribution in [0.25, 0.3) is 0 Å². The number of hydrogen-bond donors (Lipinski definition) is 1. The predicted octanol–water partition coefficient (Wildman–Crippen LogP) is 3.34. The summed E-state index contributed by atoms with van der Waals surface area (Å²) in [7, 11) is 0. The topological polar surface area (TPSA) is 63.1 Å². The SMILES string of the molecule is CC(C)CCNC(=O)c1nnc2n1CC1(CC2)CCN(Cc2cccs2)CC1. The van der Waals surface area contributed by atoms with Gasteiger partial charge in [-0.15, -0.1) is 21.5 Å². The van der Waals surface area contributed by atoms with Gasteiger partial charge < -0.3 is 9.88 Å². The standard InChI is InChI=1S/C21H31N5OS/c1-16(2)6-10-22-20(27)19-24-23-18-5-7-21(15-26(18)19)8-11-25(12-9-21)14-17-4-3-13-28-17/h3-4,13,16H,5-12,14-15H2,1-2H3,(H,22,27). The first-order valence-electron chi connectivity index (χ1n) is 10.5. The number of piperidine rings is 1. The fourth-order valence-corrected chi connectivity index (χ4v) is 5.16. The van der Waals surface area contributed by atoms with E-state index in [1.165, 1.54) is 17.7 Å². The largest absolute Gasteiger partial charge is 0.349 e. The number of nitrogens with one attached hydrogen (secondary N) is 1. The Balaban J connectivity index is 1.38. The fraction of sp³-hybridized carbons (Fsp3) is 0.667. The zero-order chi connectivity index (χ0) is 19.6. The molecule has 1 amide bonds. The molecular formula is C21H31N5OS. The molecule has 2 aromatic rings. The summed E-state index contributed by atoms with van der Waals surface area (Å²) in [6.07, 6.45) is 5.44. The molecule has 1 saturated heterocycles. The summed E-state index contributed by atoms with van der Waals surface area (Å²) in [5.74, 6) is 1.97. The average Bonchev–Trinajstić information content (AvgIpc) is 3.33. The van der Waals surface area contributed by atoms with E-state index >= 15 is 0 Å². The second-order valence-corrected chi connectivity index (χ2v) is 9.85. The van der Waals surface area contributed by atoms with Gasteiger partial charge in [-0.3, -0.25) is 9.69 Å². The van der Waals surface area contributed by atoms with Crippen molar-refractivity contribution >= 4 is 17.2 Å². The second-order valence-electron chi connectivity index (χ2n) is 8.82. The van der Waals surface area contributed by atoms with Crippen LogP contribution in [0.3, 0.4) is 0 Å². The van der Waals surface area contributed by atoms with Gasteiger partial charge in [-0.2, -0.15) is 0 Å². The van der Waals surface area contributed by atoms with Crippen molar-refractivity contribution in [1.29, 1.82) is 0 Å². The van der Waals surface area contributed by atoms with Crippen molar-refractivity contribution in [2.75, 3.05) is 19.6 Å². The zero-order valence-electron chi connectivity index (χ0n) is 17.0. The van der Waals surface area contributed by atoms with Gasteiger partial charge in [-0.25, -0.2) is 0 Å². The van der Waals surface area contributed by atoms with Crippen molar-refractivity contribution in [2.24, 2.45) is 11.3 Å². The van der Waals surface area contributed by atoms with Crippen molar-refractivity contribution < 1.29 is 4.79 Å². The maximum Gasteiger partial charge on any atom is 0.289 e. The van der Waals surface area contributed by atoms with Crippen molar-refractivity contribution in [3.05, 3.63) is 34.0 Å². The van der Waals surface area contributed by atoms with Gasteiger partial charge in [0.25, 0.3) is 5.91 Å². The molecule has 0 unspecified atom stereocenters. The first kappa shape index (κ1) is 19.6. The molecule has 4 rings (SSSR count). The van der Waals surface area contributed by atoms with Gasteiger partial charge in [0.2, 0.25) is 5.82 Å². The number of carbonyl (C=O) groups excluding carboxylic acids is 1. The summed E-state index contributed by atoms with van der Waals surface area (Å²) in [6.45, 7) is 9.24. The molecule has 6 nitrogen and oxygen atoms in total. The molecule has 0 radical (unpaired) electrons. The highest BCUT2D eigenvalue weighted by Gasteiger charge is 2.39. The highest BCUT2D eigenvalue weighted by Crippen LogP contribution is 2.41. The Bertz CT molecular complexity index is 790. The van der Waals surface area contributed by atoms with Gasteiger partial charge in [-0.05, 0) is 61.6 Å². The first-order valence-corrected chi connectivity index (χ1v) is 11.4. The minimum atomic E-state index is -0.0772. The van der Waals surface area contributed by atoms with E-state index in [4.69, 9.17) is 0 Å². The number of fused-ring (bicyclic) bond motifs is 1. The third-order valence-electron chi connectivity index (χ3n) is 6.29. The van der Waals surface area contributed by atoms with Gasteiger partial charge in [0, 0.05) is 30.9 Å². The summed E-state index contributed by atoms with van der Waals surface area (Å²) in [6, 6.07) is 4.36. The van der Waals surface area contributed by atoms with E-state index in [2.05, 4.69) is 56.3 Å². The molecule has 152 valence electrons. The van der Waals surface area contributed by atoms with Crippen molar-refractivity contribution in [3.8, 4) is 0 Å². The van der Waals surface area contributed by atoms with Crippen LogP contribution in [0, 0.1) is 11.3 Å². The molecule has 0 bridgehead atoms. The number of aryl methyl sites for hydroxylation is 1. The number of nitrogens with zero attached hydrogens (tertiary/aromatic N) is 4. The molecule has 1 fully saturated rings. The van der Waals surface area contributed by atoms with Gasteiger partial charge in [0.05, 0.1) is 0 Å². The molecule has 7 heteroatoms. The minimum absolute atomic E-state index is 0.0772. The lowest BCUT2D eigenvalue weighted by Gasteiger charge is -2.44. The summed E-state index contributed by atoms with van der Waals surface area (Å²) >= 11 is 1.84. The van der Waals surface area contributed by atoms with E-state index in [0.717, 1.165) is 51.3 Å². The van der Waals surface area contributed by atoms with Gasteiger partial charge in [0.15, 0.2) is 0 Å². The Kier molecular flexibility index (Phi) is 5.83. The van der Waals surface area contributed by atoms with Gasteiger partial charge in [0.1, 0.15) is 5.82 Å². The molecule has 2 aromatic heterocycles. The minimum Gasteiger partial charge on any atom is -0.349 e. The van der Waals surface area contributed by atoms with E-state index in [1.807, 2.05) is 11.3 Å². The lowest BCUT2D eigenvalue weighted by molar-refractivity contribution is 0.0622. The number of hydrogen-bond acceptors (Lipinski definition) is 5. The summed E-state index contributed by atoms with van der Waals surface area (Å²) in [5, 5.41) is 13.7. The van der Waals surface area contributed by atoms with Crippen LogP contribution in [0.15, 0.2) is 17.5 Å². The van der Waals surface area contributed by atoms with E-state index in [-0.39, 0.29) is 11.3 Å². The fourth-order valence-electron chi connectivity index (χ4n) is 4.42. The molecule has 4 heterocycles. The maximum atomic E-state index is 12.6. The molecule has 1 spiro atoms. The van der Waals surface area contributed by atoms with Crippen LogP contribution in [-0.4, -0.2) is 45.2 Å². The Hall–Kier alpha value is -1.73. The van der Waals surface area contributed by atoms with Crippen LogP contribution in [0.5, 0.6) is 0 Å². The van der Waals surface area contributed by atoms with Crippen LogP contribution in [0.2, 0.25) is 0 Å². The molecule has 1 N–H and O–H groups in total. The van der Waals surface area contributed by atoms with Gasteiger partial charge in [-0.1, -0.05) is 19.9 Å². The number of aromatic nitrogens is 3. The highest BCUT2D eigenvalue weighted by molar-refractivity contribution is 7.09. The van der Waals surface area contributed by atoms with Crippen LogP contribution in [0.1, 0.15) is 60.9 Å². The molecule has 28 heavy (non-hydrogen) atoms. The Labute approximate surface area is 171 Å². The van der Waals surface area contributed by atoms with Gasteiger partial charge >= 0.3 is 0 Å². The average molecular weight is 402 g/mol. The maximum absolute atomic E-state index is 12.6. The summed E-state index contributed by atoms with van der Waals surface area (Å²) in [4.78, 5) is 16.6. The van der Waals surface area contributed by atoms with Crippen LogP contribution in [0.4, 0.5) is 0 Å². The Morgan fingerprint density at radius 2 is 2.11 bits per heavy atom. The van der Waals surface area contributed by atoms with E-state index in [1.54, 1.807) is 0 Å². The number of amides is 1. The lowest BCUT2D eigenvalue weighted by Crippen LogP contribution is -2.44. The Morgan fingerprint density at radius 1 is 1.29 bits per heavy atom. The third kappa shape index (κ3) is 4.30. The van der Waals surface area contributed by atoms with Crippen LogP contribution >= 0.6 is 11.3 Å². The van der Waals surface area contributed by atoms with E-state index < -0.39 is 0 Å². The summed E-state index contributed by atoms with van der Waals surface area (Å²) in [5.41, 5.74) is 0.286. The monoisotopic (exact) mass is 401 g/mol. The number of rotatable bonds is 6. The molecule has 0 saturated carbocycles. The zero-order valence-corrected chi connectivity index (χ0v) is 17.8.